The molecule has 15 heteroatoms. The summed E-state index contributed by atoms with van der Waals surface area (Å²) in [4.78, 5) is 42.7. The van der Waals surface area contributed by atoms with E-state index in [1.165, 1.54) is 33.8 Å². The lowest BCUT2D eigenvalue weighted by atomic mass is 10.0. The summed E-state index contributed by atoms with van der Waals surface area (Å²) in [6, 6.07) is -0.958. The number of nitrogens with zero attached hydrogens (tertiary/aromatic N) is 4. The highest BCUT2D eigenvalue weighted by Crippen LogP contribution is 2.44. The predicted octanol–water partition coefficient (Wildman–Crippen LogP) is 0.256. The number of H-pyrrole nitrogens is 1. The second-order valence-electron chi connectivity index (χ2n) is 6.35. The maximum atomic E-state index is 12.7. The van der Waals surface area contributed by atoms with Crippen LogP contribution in [0.3, 0.4) is 0 Å². The van der Waals surface area contributed by atoms with Crippen LogP contribution in [0.15, 0.2) is 33.5 Å². The third-order valence-corrected chi connectivity index (χ3v) is 7.77. The molecule has 0 saturated carbocycles. The van der Waals surface area contributed by atoms with Crippen molar-refractivity contribution in [3.8, 4) is 0 Å². The largest absolute Gasteiger partial charge is 0.477 e. The molecule has 162 valence electrons. The molecule has 1 saturated heterocycles. The Kier molecular flexibility index (Phi) is 5.88. The molecule has 12 nitrogen and oxygen atoms in total. The number of thioether (sulfide) groups is 2. The van der Waals surface area contributed by atoms with Gasteiger partial charge in [0.25, 0.3) is 11.8 Å². The number of thiazole rings is 1. The zero-order valence-corrected chi connectivity index (χ0v) is 18.0. The zero-order valence-electron chi connectivity index (χ0n) is 15.5. The topological polar surface area (TPSA) is 187 Å². The minimum absolute atomic E-state index is 0.0754. The van der Waals surface area contributed by atoms with E-state index in [1.54, 1.807) is 12.4 Å². The molecule has 2 amide bonds. The van der Waals surface area contributed by atoms with E-state index >= 15 is 0 Å². The van der Waals surface area contributed by atoms with Crippen LogP contribution >= 0.6 is 34.9 Å². The van der Waals surface area contributed by atoms with Crippen molar-refractivity contribution in [1.82, 2.24) is 25.4 Å². The van der Waals surface area contributed by atoms with Gasteiger partial charge in [0.05, 0.1) is 6.20 Å². The van der Waals surface area contributed by atoms with E-state index < -0.39 is 29.2 Å². The lowest BCUT2D eigenvalue weighted by Gasteiger charge is -2.49. The molecule has 6 N–H and O–H groups in total. The maximum absolute atomic E-state index is 12.7. The van der Waals surface area contributed by atoms with E-state index in [0.29, 0.717) is 16.4 Å². The second-order valence-corrected chi connectivity index (χ2v) is 9.42. The third-order valence-electron chi connectivity index (χ3n) is 4.47. The number of fused-ring (bicyclic) bond motifs is 1. The average molecular weight is 482 g/mol. The summed E-state index contributed by atoms with van der Waals surface area (Å²) in [7, 11) is 0. The molecule has 0 aromatic carbocycles. The third kappa shape index (κ3) is 3.98. The summed E-state index contributed by atoms with van der Waals surface area (Å²) in [6.45, 7) is 0. The average Bonchev–Trinajstić information content (AvgIpc) is 3.42. The van der Waals surface area contributed by atoms with Crippen molar-refractivity contribution >= 4 is 63.5 Å². The van der Waals surface area contributed by atoms with Crippen LogP contribution in [0.5, 0.6) is 0 Å². The van der Waals surface area contributed by atoms with Crippen LogP contribution in [-0.2, 0) is 20.1 Å². The highest BCUT2D eigenvalue weighted by molar-refractivity contribution is 8.05. The van der Waals surface area contributed by atoms with E-state index in [0.717, 1.165) is 16.9 Å². The number of aromatic amines is 1. The van der Waals surface area contributed by atoms with Crippen LogP contribution in [0.1, 0.15) is 11.3 Å². The van der Waals surface area contributed by atoms with Gasteiger partial charge in [-0.2, -0.15) is 5.10 Å². The van der Waals surface area contributed by atoms with Crippen molar-refractivity contribution < 1.29 is 24.7 Å². The number of carboxylic acid groups (broad SMARTS) is 1. The van der Waals surface area contributed by atoms with Crippen LogP contribution in [0, 0.1) is 0 Å². The standard InChI is InChI=1S/C16H15N7O5S3/c17-16-20-7(4-31-16)9(22-28)12(24)21-10-13(25)23-11(15(26)27)8(5-30-14(10)23)29-3-6-1-18-19-2-6/h1-2,4,10,14,28H,3,5H2,(H2,17,20)(H,18,19)(H,21,24)(H,26,27)/b22-9+. The number of aromatic nitrogens is 3. The van der Waals surface area contributed by atoms with E-state index in [4.69, 9.17) is 5.73 Å². The highest BCUT2D eigenvalue weighted by atomic mass is 32.2. The summed E-state index contributed by atoms with van der Waals surface area (Å²) in [5.41, 5.74) is 6.04. The number of carbonyl (C=O) groups excluding carboxylic acids is 2. The fourth-order valence-electron chi connectivity index (χ4n) is 3.05. The molecule has 31 heavy (non-hydrogen) atoms. The number of carbonyl (C=O) groups is 3. The van der Waals surface area contributed by atoms with Gasteiger partial charge in [-0.15, -0.1) is 34.9 Å². The number of hydrogen-bond acceptors (Lipinski definition) is 11. The van der Waals surface area contributed by atoms with Crippen LogP contribution in [0.2, 0.25) is 0 Å². The first-order valence-corrected chi connectivity index (χ1v) is 11.6. The Labute approximate surface area is 187 Å². The molecule has 0 bridgehead atoms. The summed E-state index contributed by atoms with van der Waals surface area (Å²) < 4.78 is 0. The van der Waals surface area contributed by atoms with Crippen molar-refractivity contribution in [3.63, 3.8) is 0 Å². The van der Waals surface area contributed by atoms with Crippen molar-refractivity contribution in [2.75, 3.05) is 11.5 Å². The predicted molar refractivity (Wildman–Crippen MR) is 114 cm³/mol. The number of oxime groups is 1. The molecular formula is C16H15N7O5S3. The van der Waals surface area contributed by atoms with Gasteiger partial charge in [-0.05, 0) is 0 Å². The summed E-state index contributed by atoms with van der Waals surface area (Å²) in [6.07, 6.45) is 3.35. The number of carboxylic acids is 1. The van der Waals surface area contributed by atoms with Gasteiger partial charge >= 0.3 is 5.97 Å². The van der Waals surface area contributed by atoms with Gasteiger partial charge in [-0.3, -0.25) is 19.6 Å². The van der Waals surface area contributed by atoms with Crippen molar-refractivity contribution in [2.24, 2.45) is 5.16 Å². The van der Waals surface area contributed by atoms with Crippen LogP contribution in [0.4, 0.5) is 5.13 Å². The number of rotatable bonds is 7. The number of β-lactam (4-membered cyclic amide) rings is 1. The smallest absolute Gasteiger partial charge is 0.353 e. The minimum Gasteiger partial charge on any atom is -0.477 e. The Balaban J connectivity index is 1.48. The Morgan fingerprint density at radius 3 is 2.90 bits per heavy atom. The number of nitrogen functional groups attached to an aromatic ring is 1. The number of nitrogens with one attached hydrogen (secondary N) is 2. The zero-order chi connectivity index (χ0) is 22.1. The van der Waals surface area contributed by atoms with Crippen LogP contribution in [0.25, 0.3) is 0 Å². The van der Waals surface area contributed by atoms with Gasteiger partial charge in [0.2, 0.25) is 0 Å². The fraction of sp³-hybridized carbons (Fsp3) is 0.250. The Morgan fingerprint density at radius 1 is 1.48 bits per heavy atom. The number of amides is 2. The highest BCUT2D eigenvalue weighted by Gasteiger charge is 2.54. The lowest BCUT2D eigenvalue weighted by Crippen LogP contribution is -2.71. The van der Waals surface area contributed by atoms with Crippen molar-refractivity contribution in [1.29, 1.82) is 0 Å². The van der Waals surface area contributed by atoms with E-state index in [2.05, 4.69) is 25.7 Å². The molecule has 1 fully saturated rings. The Hall–Kier alpha value is -3.04. The summed E-state index contributed by atoms with van der Waals surface area (Å²) in [5.74, 6) is -1.71. The number of anilines is 1. The monoisotopic (exact) mass is 481 g/mol. The van der Waals surface area contributed by atoms with Crippen molar-refractivity contribution in [3.05, 3.63) is 39.6 Å². The molecule has 4 rings (SSSR count). The van der Waals surface area contributed by atoms with Gasteiger partial charge in [-0.1, -0.05) is 5.16 Å². The normalized spacial score (nSPS) is 21.0. The first-order chi connectivity index (χ1) is 14.9. The number of aliphatic carboxylic acids is 1. The molecular weight excluding hydrogens is 466 g/mol. The maximum Gasteiger partial charge on any atom is 0.353 e. The Morgan fingerprint density at radius 2 is 2.29 bits per heavy atom. The summed E-state index contributed by atoms with van der Waals surface area (Å²) >= 11 is 3.73. The molecule has 4 heterocycles. The molecule has 2 aliphatic heterocycles. The molecule has 2 atom stereocenters. The molecule has 0 radical (unpaired) electrons. The van der Waals surface area contributed by atoms with Crippen LogP contribution < -0.4 is 11.1 Å². The minimum atomic E-state index is -1.21. The van der Waals surface area contributed by atoms with Gasteiger partial charge in [0, 0.05) is 33.6 Å². The quantitative estimate of drug-likeness (QED) is 0.159. The second kappa shape index (κ2) is 8.60. The molecule has 0 aliphatic carbocycles. The van der Waals surface area contributed by atoms with E-state index in [1.807, 2.05) is 0 Å². The van der Waals surface area contributed by atoms with Gasteiger partial charge in [-0.25, -0.2) is 9.78 Å². The SMILES string of the molecule is Nc1nc(/C(=N\O)C(=O)NC2C(=O)N3C(C(=O)O)=C(SCc4cn[nH]c4)CSC23)cs1. The lowest BCUT2D eigenvalue weighted by molar-refractivity contribution is -0.150. The molecule has 2 aromatic rings. The summed E-state index contributed by atoms with van der Waals surface area (Å²) in [5, 5.41) is 32.0. The van der Waals surface area contributed by atoms with E-state index in [-0.39, 0.29) is 22.2 Å². The van der Waals surface area contributed by atoms with Crippen LogP contribution in [-0.4, -0.2) is 71.1 Å². The van der Waals surface area contributed by atoms with Crippen molar-refractivity contribution in [2.45, 2.75) is 17.2 Å². The van der Waals surface area contributed by atoms with Gasteiger partial charge < -0.3 is 21.4 Å². The number of hydrogen-bond donors (Lipinski definition) is 5. The van der Waals surface area contributed by atoms with E-state index in [9.17, 15) is 24.7 Å². The molecule has 2 aromatic heterocycles. The number of nitrogens with two attached hydrogens (primary N) is 1. The molecule has 0 spiro atoms. The first-order valence-electron chi connectivity index (χ1n) is 8.66. The molecule has 2 aliphatic rings. The van der Waals surface area contributed by atoms with Gasteiger partial charge in [0.15, 0.2) is 10.8 Å². The first kappa shape index (κ1) is 21.2. The fourth-order valence-corrected chi connectivity index (χ4v) is 6.15. The molecule has 2 unspecified atom stereocenters. The Bertz CT molecular complexity index is 1100. The van der Waals surface area contributed by atoms with Gasteiger partial charge in [0.1, 0.15) is 22.8 Å².